The molecule has 0 bridgehead atoms. The summed E-state index contributed by atoms with van der Waals surface area (Å²) in [6, 6.07) is 19.4. The van der Waals surface area contributed by atoms with Gasteiger partial charge in [0.2, 0.25) is 0 Å². The van der Waals surface area contributed by atoms with Gasteiger partial charge in [-0.05, 0) is 34.0 Å². The molecule has 1 aliphatic rings. The van der Waals surface area contributed by atoms with Crippen LogP contribution in [-0.4, -0.2) is 35.6 Å². The number of hydrogen-bond acceptors (Lipinski definition) is 3. The molecule has 5 heteroatoms. The smallest absolute Gasteiger partial charge is 0.0492 e. The second-order valence-corrected chi connectivity index (χ2v) is 6.36. The van der Waals surface area contributed by atoms with Crippen molar-refractivity contribution in [1.82, 2.24) is 15.0 Å². The van der Waals surface area contributed by atoms with Crippen molar-refractivity contribution < 1.29 is 0 Å². The van der Waals surface area contributed by atoms with E-state index in [1.807, 2.05) is 12.3 Å². The molecule has 2 aromatic carbocycles. The summed E-state index contributed by atoms with van der Waals surface area (Å²) in [6.07, 6.45) is 1.90. The van der Waals surface area contributed by atoms with Crippen LogP contribution in [0.1, 0.15) is 22.7 Å². The number of benzene rings is 2. The molecule has 1 aliphatic heterocycles. The fraction of sp³-hybridized carbons (Fsp3) is 0.250. The number of pyridine rings is 1. The molecule has 1 unspecified atom stereocenters. The number of hydrogen-bond donors (Lipinski definition) is 0. The maximum atomic E-state index is 4.66. The van der Waals surface area contributed by atoms with E-state index in [2.05, 4.69) is 77.6 Å². The average Bonchev–Trinajstić information content (AvgIpc) is 2.61. The number of nitrogens with zero attached hydrogens (tertiary/aromatic N) is 3. The lowest BCUT2D eigenvalue weighted by molar-refractivity contribution is 0.00594. The van der Waals surface area contributed by atoms with E-state index in [4.69, 9.17) is 0 Å². The highest BCUT2D eigenvalue weighted by Crippen LogP contribution is 2.37. The Labute approximate surface area is 161 Å². The van der Waals surface area contributed by atoms with Crippen molar-refractivity contribution in [1.29, 1.82) is 0 Å². The van der Waals surface area contributed by atoms with Gasteiger partial charge in [0.15, 0.2) is 0 Å². The van der Waals surface area contributed by atoms with Gasteiger partial charge in [0.05, 0.1) is 0 Å². The van der Waals surface area contributed by atoms with Crippen LogP contribution < -0.4 is 0 Å². The summed E-state index contributed by atoms with van der Waals surface area (Å²) < 4.78 is 0. The normalized spacial score (nSPS) is 16.8. The van der Waals surface area contributed by atoms with Crippen molar-refractivity contribution in [2.75, 3.05) is 20.6 Å². The molecular formula is C20H23Cl2N3. The quantitative estimate of drug-likeness (QED) is 0.656. The molecule has 0 saturated heterocycles. The molecule has 0 radical (unpaired) electrons. The van der Waals surface area contributed by atoms with Gasteiger partial charge in [-0.1, -0.05) is 42.5 Å². The van der Waals surface area contributed by atoms with Crippen LogP contribution in [0.5, 0.6) is 0 Å². The molecule has 2 heterocycles. The zero-order valence-electron chi connectivity index (χ0n) is 14.4. The molecule has 0 fully saturated rings. The van der Waals surface area contributed by atoms with Crippen LogP contribution in [0.25, 0.3) is 10.8 Å². The number of halogens is 2. The Morgan fingerprint density at radius 3 is 2.44 bits per heavy atom. The zero-order chi connectivity index (χ0) is 15.8. The zero-order valence-corrected chi connectivity index (χ0v) is 16.1. The molecule has 0 spiro atoms. The molecule has 132 valence electrons. The maximum Gasteiger partial charge on any atom is 0.0492 e. The first-order valence-electron chi connectivity index (χ1n) is 8.07. The van der Waals surface area contributed by atoms with Crippen molar-refractivity contribution in [2.45, 2.75) is 12.5 Å². The van der Waals surface area contributed by atoms with Gasteiger partial charge >= 0.3 is 0 Å². The van der Waals surface area contributed by atoms with Gasteiger partial charge in [-0.15, -0.1) is 24.8 Å². The Hall–Kier alpha value is -1.65. The molecule has 3 nitrogen and oxygen atoms in total. The molecule has 0 amide bonds. The van der Waals surface area contributed by atoms with Gasteiger partial charge in [-0.25, -0.2) is 10.0 Å². The van der Waals surface area contributed by atoms with E-state index < -0.39 is 0 Å². The number of aromatic nitrogens is 1. The van der Waals surface area contributed by atoms with Crippen LogP contribution in [-0.2, 0) is 6.54 Å². The summed E-state index contributed by atoms with van der Waals surface area (Å²) in [6.45, 7) is 1.92. The third kappa shape index (κ3) is 3.65. The van der Waals surface area contributed by atoms with Gasteiger partial charge in [0.1, 0.15) is 0 Å². The van der Waals surface area contributed by atoms with Gasteiger partial charge < -0.3 is 0 Å². The lowest BCUT2D eigenvalue weighted by Gasteiger charge is -2.38. The fourth-order valence-electron chi connectivity index (χ4n) is 3.58. The molecule has 0 saturated carbocycles. The molecule has 1 atom stereocenters. The van der Waals surface area contributed by atoms with Crippen LogP contribution in [0.2, 0.25) is 0 Å². The van der Waals surface area contributed by atoms with Gasteiger partial charge in [-0.3, -0.25) is 4.98 Å². The van der Waals surface area contributed by atoms with Crippen LogP contribution in [0.4, 0.5) is 0 Å². The molecule has 3 aromatic rings. The first-order chi connectivity index (χ1) is 11.2. The van der Waals surface area contributed by atoms with E-state index in [0.717, 1.165) is 18.8 Å². The lowest BCUT2D eigenvalue weighted by atomic mass is 9.84. The van der Waals surface area contributed by atoms with E-state index >= 15 is 0 Å². The van der Waals surface area contributed by atoms with Crippen molar-refractivity contribution >= 4 is 35.6 Å². The molecule has 0 N–H and O–H groups in total. The third-order valence-corrected chi connectivity index (χ3v) is 4.77. The highest BCUT2D eigenvalue weighted by Gasteiger charge is 2.29. The molecule has 25 heavy (non-hydrogen) atoms. The topological polar surface area (TPSA) is 19.4 Å². The van der Waals surface area contributed by atoms with E-state index in [1.165, 1.54) is 21.9 Å². The van der Waals surface area contributed by atoms with Crippen LogP contribution in [0.3, 0.4) is 0 Å². The highest BCUT2D eigenvalue weighted by atomic mass is 35.5. The second-order valence-electron chi connectivity index (χ2n) is 6.36. The third-order valence-electron chi connectivity index (χ3n) is 4.77. The first kappa shape index (κ1) is 19.7. The number of rotatable bonds is 2. The highest BCUT2D eigenvalue weighted by molar-refractivity contribution is 5.88. The predicted molar refractivity (Wildman–Crippen MR) is 109 cm³/mol. The molecule has 1 aromatic heterocycles. The Balaban J connectivity index is 0.00000113. The minimum absolute atomic E-state index is 0. The predicted octanol–water partition coefficient (Wildman–Crippen LogP) is 4.50. The Morgan fingerprint density at radius 1 is 0.960 bits per heavy atom. The summed E-state index contributed by atoms with van der Waals surface area (Å²) in [5.41, 5.74) is 4.00. The van der Waals surface area contributed by atoms with E-state index in [-0.39, 0.29) is 24.8 Å². The van der Waals surface area contributed by atoms with Crippen molar-refractivity contribution in [3.05, 3.63) is 77.6 Å². The Morgan fingerprint density at radius 2 is 1.72 bits per heavy atom. The van der Waals surface area contributed by atoms with Crippen molar-refractivity contribution in [2.24, 2.45) is 0 Å². The lowest BCUT2D eigenvalue weighted by Crippen LogP contribution is -2.42. The van der Waals surface area contributed by atoms with E-state index in [0.29, 0.717) is 5.92 Å². The average molecular weight is 376 g/mol. The van der Waals surface area contributed by atoms with Gasteiger partial charge in [0.25, 0.3) is 0 Å². The minimum Gasteiger partial charge on any atom is -0.261 e. The minimum atomic E-state index is 0. The van der Waals surface area contributed by atoms with E-state index in [1.54, 1.807) is 0 Å². The number of fused-ring (bicyclic) bond motifs is 3. The standard InChI is InChI=1S/C20H21N3.2ClH/c1-22(2)23-13-16-11-10-15-7-3-4-8-17(15)20(16)18(14-23)19-9-5-6-12-21-19;;/h3-12,18H,13-14H2,1-2H3;2*1H. The maximum absolute atomic E-state index is 4.66. The Bertz CT molecular complexity index is 837. The fourth-order valence-corrected chi connectivity index (χ4v) is 3.58. The summed E-state index contributed by atoms with van der Waals surface area (Å²) in [5.74, 6) is 0.299. The summed E-state index contributed by atoms with van der Waals surface area (Å²) in [5, 5.41) is 7.24. The summed E-state index contributed by atoms with van der Waals surface area (Å²) >= 11 is 0. The summed E-state index contributed by atoms with van der Waals surface area (Å²) in [7, 11) is 4.23. The van der Waals surface area contributed by atoms with Crippen molar-refractivity contribution in [3.8, 4) is 0 Å². The van der Waals surface area contributed by atoms with Crippen LogP contribution >= 0.6 is 24.8 Å². The van der Waals surface area contributed by atoms with Gasteiger partial charge in [-0.2, -0.15) is 0 Å². The van der Waals surface area contributed by atoms with E-state index in [9.17, 15) is 0 Å². The molecule has 4 rings (SSSR count). The van der Waals surface area contributed by atoms with Crippen LogP contribution in [0, 0.1) is 0 Å². The molecular weight excluding hydrogens is 353 g/mol. The largest absolute Gasteiger partial charge is 0.261 e. The second kappa shape index (κ2) is 8.15. The van der Waals surface area contributed by atoms with Gasteiger partial charge in [0, 0.05) is 45.0 Å². The summed E-state index contributed by atoms with van der Waals surface area (Å²) in [4.78, 5) is 4.66. The van der Waals surface area contributed by atoms with Crippen molar-refractivity contribution in [3.63, 3.8) is 0 Å². The SMILES string of the molecule is CN(C)N1Cc2ccc3ccccc3c2C(c2ccccn2)C1.Cl.Cl. The Kier molecular flexibility index (Phi) is 6.42. The molecule has 0 aliphatic carbocycles. The first-order valence-corrected chi connectivity index (χ1v) is 8.07. The van der Waals surface area contributed by atoms with Crippen LogP contribution in [0.15, 0.2) is 60.8 Å². The number of hydrazine groups is 1. The monoisotopic (exact) mass is 375 g/mol.